The van der Waals surface area contributed by atoms with Crippen molar-refractivity contribution < 1.29 is 0 Å². The quantitative estimate of drug-likeness (QED) is 0.856. The highest BCUT2D eigenvalue weighted by atomic mass is 15.3. The van der Waals surface area contributed by atoms with Crippen molar-refractivity contribution in [3.63, 3.8) is 0 Å². The molecule has 118 valence electrons. The van der Waals surface area contributed by atoms with E-state index < -0.39 is 0 Å². The van der Waals surface area contributed by atoms with Crippen LogP contribution in [0.25, 0.3) is 11.1 Å². The van der Waals surface area contributed by atoms with E-state index in [1.54, 1.807) is 6.33 Å². The highest BCUT2D eigenvalue weighted by Gasteiger charge is 2.40. The molecule has 0 radical (unpaired) electrons. The van der Waals surface area contributed by atoms with Crippen molar-refractivity contribution in [1.29, 1.82) is 0 Å². The predicted molar refractivity (Wildman–Crippen MR) is 92.6 cm³/mol. The number of likely N-dealkylation sites (N-methyl/N-ethyl adjacent to an activating group) is 1. The highest BCUT2D eigenvalue weighted by Crippen LogP contribution is 2.39. The average molecular weight is 306 g/mol. The van der Waals surface area contributed by atoms with Gasteiger partial charge in [0.1, 0.15) is 6.33 Å². The van der Waals surface area contributed by atoms with Gasteiger partial charge in [-0.25, -0.2) is 9.97 Å². The Kier molecular flexibility index (Phi) is 3.40. The van der Waals surface area contributed by atoms with Crippen molar-refractivity contribution in [3.05, 3.63) is 48.0 Å². The van der Waals surface area contributed by atoms with Crippen molar-refractivity contribution in [1.82, 2.24) is 14.9 Å². The first-order valence-corrected chi connectivity index (χ1v) is 8.38. The second kappa shape index (κ2) is 5.44. The van der Waals surface area contributed by atoms with Gasteiger partial charge in [-0.15, -0.1) is 0 Å². The van der Waals surface area contributed by atoms with Crippen molar-refractivity contribution in [2.45, 2.75) is 38.6 Å². The molecule has 4 nitrogen and oxygen atoms in total. The minimum Gasteiger partial charge on any atom is -0.358 e. The van der Waals surface area contributed by atoms with Crippen LogP contribution >= 0.6 is 0 Å². The molecule has 1 unspecified atom stereocenters. The lowest BCUT2D eigenvalue weighted by molar-refractivity contribution is 0.317. The van der Waals surface area contributed by atoms with Gasteiger partial charge in [-0.2, -0.15) is 0 Å². The van der Waals surface area contributed by atoms with Gasteiger partial charge < -0.3 is 4.90 Å². The summed E-state index contributed by atoms with van der Waals surface area (Å²) in [6, 6.07) is 6.61. The fraction of sp³-hybridized carbons (Fsp3) is 0.421. The van der Waals surface area contributed by atoms with Crippen LogP contribution in [-0.4, -0.2) is 39.3 Å². The Hall–Kier alpha value is -2.23. The maximum absolute atomic E-state index is 5.05. The number of benzene rings is 1. The molecule has 2 aliphatic rings. The van der Waals surface area contributed by atoms with E-state index in [4.69, 9.17) is 4.99 Å². The number of aromatic nitrogens is 2. The zero-order valence-electron chi connectivity index (χ0n) is 13.8. The minimum atomic E-state index is 0.0822. The van der Waals surface area contributed by atoms with E-state index in [9.17, 15) is 0 Å². The maximum Gasteiger partial charge on any atom is 0.115 e. The molecule has 2 heterocycles. The fourth-order valence-corrected chi connectivity index (χ4v) is 4.09. The molecule has 0 fully saturated rings. The van der Waals surface area contributed by atoms with Gasteiger partial charge in [-0.3, -0.25) is 4.99 Å². The monoisotopic (exact) mass is 306 g/mol. The van der Waals surface area contributed by atoms with Crippen LogP contribution in [0.4, 0.5) is 0 Å². The van der Waals surface area contributed by atoms with E-state index in [1.807, 2.05) is 12.4 Å². The first kappa shape index (κ1) is 14.4. The summed E-state index contributed by atoms with van der Waals surface area (Å²) in [7, 11) is 0. The van der Waals surface area contributed by atoms with E-state index in [-0.39, 0.29) is 5.54 Å². The lowest BCUT2D eigenvalue weighted by Gasteiger charge is -2.34. The summed E-state index contributed by atoms with van der Waals surface area (Å²) in [5.41, 5.74) is 5.37. The van der Waals surface area contributed by atoms with Gasteiger partial charge in [0.25, 0.3) is 0 Å². The highest BCUT2D eigenvalue weighted by molar-refractivity contribution is 5.82. The third-order valence-corrected chi connectivity index (χ3v) is 5.23. The second-order valence-corrected chi connectivity index (χ2v) is 6.64. The SMILES string of the molecule is CCN1CC2(CCc3c(cccc3-c3cncnc3)C2)N=C1C. The van der Waals surface area contributed by atoms with Crippen LogP contribution in [0, 0.1) is 0 Å². The Labute approximate surface area is 137 Å². The molecule has 1 aliphatic heterocycles. The molecule has 1 aromatic carbocycles. The Bertz CT molecular complexity index is 753. The van der Waals surface area contributed by atoms with Crippen LogP contribution in [-0.2, 0) is 12.8 Å². The van der Waals surface area contributed by atoms with Crippen molar-refractivity contribution in [2.75, 3.05) is 13.1 Å². The van der Waals surface area contributed by atoms with Gasteiger partial charge in [-0.1, -0.05) is 18.2 Å². The van der Waals surface area contributed by atoms with Crippen molar-refractivity contribution >= 4 is 5.84 Å². The van der Waals surface area contributed by atoms with Gasteiger partial charge in [0.2, 0.25) is 0 Å². The molecule has 1 spiro atoms. The average Bonchev–Trinajstić information content (AvgIpc) is 2.90. The predicted octanol–water partition coefficient (Wildman–Crippen LogP) is 3.13. The number of hydrogen-bond acceptors (Lipinski definition) is 4. The molecule has 1 aliphatic carbocycles. The van der Waals surface area contributed by atoms with Gasteiger partial charge in [0, 0.05) is 31.0 Å². The van der Waals surface area contributed by atoms with Crippen LogP contribution < -0.4 is 0 Å². The van der Waals surface area contributed by atoms with Crippen molar-refractivity contribution in [3.8, 4) is 11.1 Å². The normalized spacial score (nSPS) is 23.0. The Morgan fingerprint density at radius 2 is 2.04 bits per heavy atom. The molecule has 0 N–H and O–H groups in total. The Balaban J connectivity index is 1.70. The van der Waals surface area contributed by atoms with E-state index >= 15 is 0 Å². The van der Waals surface area contributed by atoms with Crippen LogP contribution in [0.5, 0.6) is 0 Å². The summed E-state index contributed by atoms with van der Waals surface area (Å²) in [6.45, 7) is 6.46. The number of amidine groups is 1. The molecule has 0 amide bonds. The smallest absolute Gasteiger partial charge is 0.115 e. The molecule has 1 atom stereocenters. The number of fused-ring (bicyclic) bond motifs is 1. The topological polar surface area (TPSA) is 41.4 Å². The number of rotatable bonds is 2. The first-order valence-electron chi connectivity index (χ1n) is 8.38. The van der Waals surface area contributed by atoms with Gasteiger partial charge in [0.05, 0.1) is 11.4 Å². The van der Waals surface area contributed by atoms with Crippen molar-refractivity contribution in [2.24, 2.45) is 4.99 Å². The fourth-order valence-electron chi connectivity index (χ4n) is 4.09. The second-order valence-electron chi connectivity index (χ2n) is 6.64. The zero-order valence-corrected chi connectivity index (χ0v) is 13.8. The van der Waals surface area contributed by atoms with E-state index in [0.717, 1.165) is 37.9 Å². The lowest BCUT2D eigenvalue weighted by atomic mass is 9.76. The molecule has 2 aromatic rings. The third kappa shape index (κ3) is 2.42. The standard InChI is InChI=1S/C19H22N4/c1-3-23-12-19(22-14(23)2)8-7-18-15(9-19)5-4-6-17(18)16-10-20-13-21-11-16/h4-6,10-11,13H,3,7-9,12H2,1-2H3. The number of hydrogen-bond donors (Lipinski definition) is 0. The van der Waals surface area contributed by atoms with E-state index in [2.05, 4.69) is 46.9 Å². The Morgan fingerprint density at radius 1 is 1.22 bits per heavy atom. The Morgan fingerprint density at radius 3 is 2.78 bits per heavy atom. The van der Waals surface area contributed by atoms with Crippen LogP contribution in [0.1, 0.15) is 31.4 Å². The van der Waals surface area contributed by atoms with Gasteiger partial charge >= 0.3 is 0 Å². The molecule has 0 bridgehead atoms. The molecule has 4 rings (SSSR count). The molecule has 4 heteroatoms. The van der Waals surface area contributed by atoms with Crippen LogP contribution in [0.2, 0.25) is 0 Å². The molecular formula is C19H22N4. The lowest BCUT2D eigenvalue weighted by Crippen LogP contribution is -2.40. The number of nitrogens with zero attached hydrogens (tertiary/aromatic N) is 4. The first-order chi connectivity index (χ1) is 11.2. The summed E-state index contributed by atoms with van der Waals surface area (Å²) in [6.07, 6.45) is 8.64. The molecule has 1 aromatic heterocycles. The largest absolute Gasteiger partial charge is 0.358 e. The number of aliphatic imine (C=N–C) groups is 1. The summed E-state index contributed by atoms with van der Waals surface area (Å²) in [5.74, 6) is 1.20. The summed E-state index contributed by atoms with van der Waals surface area (Å²) in [4.78, 5) is 15.8. The van der Waals surface area contributed by atoms with E-state index in [1.165, 1.54) is 22.5 Å². The molecular weight excluding hydrogens is 284 g/mol. The van der Waals surface area contributed by atoms with Gasteiger partial charge in [0.15, 0.2) is 0 Å². The van der Waals surface area contributed by atoms with E-state index in [0.29, 0.717) is 0 Å². The minimum absolute atomic E-state index is 0.0822. The van der Waals surface area contributed by atoms with Crippen LogP contribution in [0.3, 0.4) is 0 Å². The summed E-state index contributed by atoms with van der Waals surface area (Å²) < 4.78 is 0. The molecule has 23 heavy (non-hydrogen) atoms. The zero-order chi connectivity index (χ0) is 15.9. The maximum atomic E-state index is 5.05. The molecule has 0 saturated heterocycles. The third-order valence-electron chi connectivity index (χ3n) is 5.23. The summed E-state index contributed by atoms with van der Waals surface area (Å²) >= 11 is 0. The summed E-state index contributed by atoms with van der Waals surface area (Å²) in [5, 5.41) is 0. The molecule has 0 saturated carbocycles. The van der Waals surface area contributed by atoms with Gasteiger partial charge in [-0.05, 0) is 49.8 Å². The van der Waals surface area contributed by atoms with Crippen LogP contribution in [0.15, 0.2) is 41.9 Å².